The number of nitrogens with zero attached hydrogens (tertiary/aromatic N) is 3. The van der Waals surface area contributed by atoms with E-state index in [0.717, 1.165) is 37.4 Å². The molecule has 0 amide bonds. The molecule has 5 nitrogen and oxygen atoms in total. The lowest BCUT2D eigenvalue weighted by Crippen LogP contribution is -2.44. The Bertz CT molecular complexity index is 816. The summed E-state index contributed by atoms with van der Waals surface area (Å²) in [5.41, 5.74) is 2.22. The minimum absolute atomic E-state index is 0.105. The summed E-state index contributed by atoms with van der Waals surface area (Å²) in [7, 11) is 2.11. The number of benzene rings is 1. The summed E-state index contributed by atoms with van der Waals surface area (Å²) in [6.45, 7) is 3.93. The highest BCUT2D eigenvalue weighted by atomic mass is 35.5. The smallest absolute Gasteiger partial charge is 0.266 e. The molecule has 2 aromatic rings. The van der Waals surface area contributed by atoms with Crippen molar-refractivity contribution in [1.82, 2.24) is 9.88 Å². The van der Waals surface area contributed by atoms with Gasteiger partial charge in [0.15, 0.2) is 0 Å². The largest absolute Gasteiger partial charge is 0.368 e. The number of halogens is 1. The van der Waals surface area contributed by atoms with Crippen LogP contribution in [-0.2, 0) is 0 Å². The zero-order chi connectivity index (χ0) is 16.4. The van der Waals surface area contributed by atoms with Gasteiger partial charge >= 0.3 is 0 Å². The van der Waals surface area contributed by atoms with E-state index >= 15 is 0 Å². The van der Waals surface area contributed by atoms with Crippen LogP contribution >= 0.6 is 11.6 Å². The van der Waals surface area contributed by atoms with E-state index in [2.05, 4.69) is 21.8 Å². The molecule has 3 rings (SSSR count). The maximum atomic E-state index is 11.8. The van der Waals surface area contributed by atoms with Crippen molar-refractivity contribution in [3.8, 4) is 17.3 Å². The van der Waals surface area contributed by atoms with Crippen molar-refractivity contribution >= 4 is 17.3 Å². The molecular weight excluding hydrogens is 312 g/mol. The van der Waals surface area contributed by atoms with Gasteiger partial charge in [0, 0.05) is 31.9 Å². The standard InChI is InChI=1S/C17H17ClN4O/c1-21-6-8-22(9-7-21)16-5-3-12(10-14(16)18)15-4-2-13(11-19)17(23)20-15/h2-5,10H,6-9H2,1H3,(H,20,23). The number of anilines is 1. The van der Waals surface area contributed by atoms with Crippen molar-refractivity contribution in [3.63, 3.8) is 0 Å². The molecule has 1 aromatic heterocycles. The lowest BCUT2D eigenvalue weighted by Gasteiger charge is -2.34. The van der Waals surface area contributed by atoms with Gasteiger partial charge in [-0.3, -0.25) is 4.79 Å². The lowest BCUT2D eigenvalue weighted by atomic mass is 10.1. The number of H-pyrrole nitrogens is 1. The second-order valence-electron chi connectivity index (χ2n) is 5.68. The van der Waals surface area contributed by atoms with Crippen molar-refractivity contribution in [3.05, 3.63) is 51.3 Å². The highest BCUT2D eigenvalue weighted by Gasteiger charge is 2.17. The quantitative estimate of drug-likeness (QED) is 0.919. The van der Waals surface area contributed by atoms with Gasteiger partial charge in [0.25, 0.3) is 5.56 Å². The summed E-state index contributed by atoms with van der Waals surface area (Å²) in [5.74, 6) is 0. The van der Waals surface area contributed by atoms with Gasteiger partial charge in [-0.25, -0.2) is 0 Å². The monoisotopic (exact) mass is 328 g/mol. The fraction of sp³-hybridized carbons (Fsp3) is 0.294. The zero-order valence-corrected chi connectivity index (χ0v) is 13.6. The minimum Gasteiger partial charge on any atom is -0.368 e. The highest BCUT2D eigenvalue weighted by molar-refractivity contribution is 6.33. The van der Waals surface area contributed by atoms with Gasteiger partial charge in [0.2, 0.25) is 0 Å². The third-order valence-electron chi connectivity index (χ3n) is 4.13. The van der Waals surface area contributed by atoms with Crippen LogP contribution in [0.25, 0.3) is 11.3 Å². The number of aromatic amines is 1. The van der Waals surface area contributed by atoms with Crippen molar-refractivity contribution in [2.75, 3.05) is 38.1 Å². The predicted molar refractivity (Wildman–Crippen MR) is 91.9 cm³/mol. The van der Waals surface area contributed by atoms with Crippen LogP contribution in [0.5, 0.6) is 0 Å². The average Bonchev–Trinajstić information content (AvgIpc) is 2.55. The molecule has 1 aliphatic heterocycles. The van der Waals surface area contributed by atoms with Crippen LogP contribution in [0, 0.1) is 11.3 Å². The van der Waals surface area contributed by atoms with Crippen LogP contribution in [0.1, 0.15) is 5.56 Å². The molecule has 0 bridgehead atoms. The summed E-state index contributed by atoms with van der Waals surface area (Å²) >= 11 is 6.45. The van der Waals surface area contributed by atoms with E-state index in [9.17, 15) is 4.79 Å². The Kier molecular flexibility index (Phi) is 4.37. The van der Waals surface area contributed by atoms with Crippen molar-refractivity contribution in [2.24, 2.45) is 0 Å². The van der Waals surface area contributed by atoms with Crippen LogP contribution in [0.4, 0.5) is 5.69 Å². The molecule has 0 spiro atoms. The van der Waals surface area contributed by atoms with Crippen molar-refractivity contribution in [1.29, 1.82) is 5.26 Å². The Morgan fingerprint density at radius 1 is 1.17 bits per heavy atom. The first-order valence-electron chi connectivity index (χ1n) is 7.45. The summed E-state index contributed by atoms with van der Waals surface area (Å²) in [4.78, 5) is 19.0. The van der Waals surface area contributed by atoms with Gasteiger partial charge < -0.3 is 14.8 Å². The van der Waals surface area contributed by atoms with Gasteiger partial charge in [-0.05, 0) is 36.9 Å². The molecular formula is C17H17ClN4O. The number of aromatic nitrogens is 1. The molecule has 1 fully saturated rings. The summed E-state index contributed by atoms with van der Waals surface area (Å²) in [6.07, 6.45) is 0. The maximum absolute atomic E-state index is 11.8. The third-order valence-corrected chi connectivity index (χ3v) is 4.44. The average molecular weight is 329 g/mol. The summed E-state index contributed by atoms with van der Waals surface area (Å²) in [6, 6.07) is 10.9. The van der Waals surface area contributed by atoms with Gasteiger partial charge in [-0.2, -0.15) is 5.26 Å². The number of nitrogens with one attached hydrogen (secondary N) is 1. The van der Waals surface area contributed by atoms with E-state index in [4.69, 9.17) is 16.9 Å². The van der Waals surface area contributed by atoms with Crippen LogP contribution in [-0.4, -0.2) is 43.1 Å². The predicted octanol–water partition coefficient (Wildman–Crippen LogP) is 2.32. The normalized spacial score (nSPS) is 15.4. The third kappa shape index (κ3) is 3.24. The van der Waals surface area contributed by atoms with E-state index in [1.807, 2.05) is 24.3 Å². The molecule has 0 saturated carbocycles. The van der Waals surface area contributed by atoms with E-state index in [-0.39, 0.29) is 11.1 Å². The number of likely N-dealkylation sites (N-methyl/N-ethyl adjacent to an activating group) is 1. The molecule has 2 heterocycles. The molecule has 1 saturated heterocycles. The first kappa shape index (κ1) is 15.6. The summed E-state index contributed by atoms with van der Waals surface area (Å²) < 4.78 is 0. The number of pyridine rings is 1. The highest BCUT2D eigenvalue weighted by Crippen LogP contribution is 2.30. The molecule has 1 aromatic carbocycles. The van der Waals surface area contributed by atoms with Crippen LogP contribution in [0.2, 0.25) is 5.02 Å². The molecule has 0 radical (unpaired) electrons. The fourth-order valence-electron chi connectivity index (χ4n) is 2.71. The van der Waals surface area contributed by atoms with E-state index in [1.54, 1.807) is 6.07 Å². The summed E-state index contributed by atoms with van der Waals surface area (Å²) in [5, 5.41) is 9.49. The first-order chi connectivity index (χ1) is 11.1. The van der Waals surface area contributed by atoms with Crippen LogP contribution in [0.3, 0.4) is 0 Å². The van der Waals surface area contributed by atoms with Crippen molar-refractivity contribution in [2.45, 2.75) is 0 Å². The fourth-order valence-corrected chi connectivity index (χ4v) is 3.01. The Balaban J connectivity index is 1.89. The molecule has 1 aliphatic rings. The maximum Gasteiger partial charge on any atom is 0.266 e. The van der Waals surface area contributed by atoms with Gasteiger partial charge in [0.1, 0.15) is 11.6 Å². The van der Waals surface area contributed by atoms with E-state index in [0.29, 0.717) is 10.7 Å². The number of piperazine rings is 1. The van der Waals surface area contributed by atoms with Crippen molar-refractivity contribution < 1.29 is 0 Å². The van der Waals surface area contributed by atoms with Crippen LogP contribution in [0.15, 0.2) is 35.1 Å². The van der Waals surface area contributed by atoms with Crippen LogP contribution < -0.4 is 10.5 Å². The zero-order valence-electron chi connectivity index (χ0n) is 12.8. The second-order valence-corrected chi connectivity index (χ2v) is 6.09. The topological polar surface area (TPSA) is 63.1 Å². The SMILES string of the molecule is CN1CCN(c2ccc(-c3ccc(C#N)c(=O)[nH]3)cc2Cl)CC1. The minimum atomic E-state index is -0.385. The lowest BCUT2D eigenvalue weighted by molar-refractivity contribution is 0.313. The van der Waals surface area contributed by atoms with Gasteiger partial charge in [0.05, 0.1) is 10.7 Å². The first-order valence-corrected chi connectivity index (χ1v) is 7.83. The Labute approximate surface area is 139 Å². The van der Waals surface area contributed by atoms with Gasteiger partial charge in [-0.15, -0.1) is 0 Å². The number of rotatable bonds is 2. The molecule has 0 atom stereocenters. The number of nitriles is 1. The molecule has 23 heavy (non-hydrogen) atoms. The Morgan fingerprint density at radius 3 is 2.52 bits per heavy atom. The Morgan fingerprint density at radius 2 is 1.91 bits per heavy atom. The molecule has 0 aliphatic carbocycles. The van der Waals surface area contributed by atoms with E-state index < -0.39 is 0 Å². The molecule has 118 valence electrons. The second kappa shape index (κ2) is 6.45. The molecule has 0 unspecified atom stereocenters. The Hall–Kier alpha value is -2.29. The molecule has 1 N–H and O–H groups in total. The number of hydrogen-bond acceptors (Lipinski definition) is 4. The molecule has 6 heteroatoms. The van der Waals surface area contributed by atoms with E-state index in [1.165, 1.54) is 6.07 Å². The van der Waals surface area contributed by atoms with Gasteiger partial charge in [-0.1, -0.05) is 17.7 Å². The number of hydrogen-bond donors (Lipinski definition) is 1.